The zero-order chi connectivity index (χ0) is 26.1. The normalized spacial score (nSPS) is 18.9. The third kappa shape index (κ3) is 6.82. The second kappa shape index (κ2) is 12.4. The highest BCUT2D eigenvalue weighted by Crippen LogP contribution is 2.40. The number of rotatable bonds is 9. The quantitative estimate of drug-likeness (QED) is 0.132. The van der Waals surface area contributed by atoms with Gasteiger partial charge in [-0.3, -0.25) is 19.3 Å². The Hall–Kier alpha value is -3.08. The summed E-state index contributed by atoms with van der Waals surface area (Å²) in [4.78, 5) is 70.1. The number of esters is 1. The van der Waals surface area contributed by atoms with Crippen molar-refractivity contribution in [1.82, 2.24) is 15.2 Å². The van der Waals surface area contributed by atoms with Crippen molar-refractivity contribution in [2.45, 2.75) is 37.8 Å². The average Bonchev–Trinajstić information content (AvgIpc) is 3.20. The van der Waals surface area contributed by atoms with Crippen LogP contribution in [0.25, 0.3) is 0 Å². The third-order valence-corrected chi connectivity index (χ3v) is 6.86. The van der Waals surface area contributed by atoms with Crippen LogP contribution in [0.15, 0.2) is 21.8 Å². The van der Waals surface area contributed by atoms with Crippen LogP contribution in [-0.4, -0.2) is 84.9 Å². The van der Waals surface area contributed by atoms with Gasteiger partial charge < -0.3 is 30.8 Å². The van der Waals surface area contributed by atoms with Crippen molar-refractivity contribution in [3.8, 4) is 0 Å². The molecule has 0 aromatic carbocycles. The highest BCUT2D eigenvalue weighted by Gasteiger charge is 2.54. The van der Waals surface area contributed by atoms with Crippen molar-refractivity contribution in [1.29, 1.82) is 0 Å². The molecule has 2 unspecified atom stereocenters. The molecule has 18 heteroatoms. The highest BCUT2D eigenvalue weighted by atomic mass is 35.5. The van der Waals surface area contributed by atoms with Gasteiger partial charge in [0.25, 0.3) is 11.8 Å². The predicted molar refractivity (Wildman–Crippen MR) is 137 cm³/mol. The molecule has 2 aliphatic rings. The summed E-state index contributed by atoms with van der Waals surface area (Å²) in [7, 11) is 0. The van der Waals surface area contributed by atoms with Crippen molar-refractivity contribution in [3.05, 3.63) is 22.3 Å². The summed E-state index contributed by atoms with van der Waals surface area (Å²) in [6.45, 7) is 3.35. The highest BCUT2D eigenvalue weighted by molar-refractivity contribution is 8.00. The summed E-state index contributed by atoms with van der Waals surface area (Å²) in [6.07, 6.45) is 0. The maximum absolute atomic E-state index is 13.0. The second-order valence-electron chi connectivity index (χ2n) is 7.82. The fourth-order valence-corrected chi connectivity index (χ4v) is 4.87. The number of nitrogen functional groups attached to an aromatic ring is 1. The Labute approximate surface area is 230 Å². The van der Waals surface area contributed by atoms with Gasteiger partial charge in [0.2, 0.25) is 5.60 Å². The molecule has 5 N–H and O–H groups in total. The predicted octanol–water partition coefficient (Wildman–Crippen LogP) is 0.454. The van der Waals surface area contributed by atoms with E-state index in [9.17, 15) is 34.2 Å². The Morgan fingerprint density at radius 1 is 1.30 bits per heavy atom. The number of nitrogens with two attached hydrogens (primary N) is 1. The van der Waals surface area contributed by atoms with Gasteiger partial charge in [0.1, 0.15) is 29.4 Å². The molecule has 37 heavy (non-hydrogen) atoms. The number of β-lactam (4-membered cyclic amide) rings is 1. The van der Waals surface area contributed by atoms with Gasteiger partial charge >= 0.3 is 17.9 Å². The number of fused-ring (bicyclic) bond motifs is 1. The van der Waals surface area contributed by atoms with E-state index in [-0.39, 0.29) is 59.3 Å². The number of hydrogen-bond donors (Lipinski definition) is 4. The van der Waals surface area contributed by atoms with Crippen molar-refractivity contribution in [2.75, 3.05) is 18.1 Å². The van der Waals surface area contributed by atoms with Crippen LogP contribution in [0.3, 0.4) is 0 Å². The Morgan fingerprint density at radius 2 is 1.95 bits per heavy atom. The monoisotopic (exact) mass is 599 g/mol. The number of anilines is 1. The number of aromatic nitrogens is 1. The molecule has 2 aliphatic heterocycles. The topological polar surface area (TPSA) is 211 Å². The third-order valence-electron chi connectivity index (χ3n) is 4.85. The van der Waals surface area contributed by atoms with Gasteiger partial charge in [-0.05, 0) is 13.8 Å². The van der Waals surface area contributed by atoms with E-state index in [2.05, 4.69) is 15.5 Å². The first-order chi connectivity index (χ1) is 16.3. The van der Waals surface area contributed by atoms with Crippen LogP contribution >= 0.6 is 47.9 Å². The van der Waals surface area contributed by atoms with Crippen LogP contribution in [0.4, 0.5) is 5.13 Å². The van der Waals surface area contributed by atoms with E-state index < -0.39 is 52.5 Å². The van der Waals surface area contributed by atoms with Gasteiger partial charge in [-0.25, -0.2) is 14.6 Å². The molecule has 0 radical (unpaired) electrons. The smallest absolute Gasteiger partial charge is 0.352 e. The number of nitrogens with zero attached hydrogens (tertiary/aromatic N) is 3. The van der Waals surface area contributed by atoms with E-state index in [1.165, 1.54) is 37.9 Å². The Morgan fingerprint density at radius 3 is 2.46 bits per heavy atom. The standard InChI is InChI=1S/C19H21N5O9S2.2ClH/c1-7(25)32-4-8-5-34-15-11(14(27)24(15)12(8)16(28)29)22-13(26)10(9-6-35-18(20)21-9)23-33-19(2,3)17(30)31;;/h6,11,15H,4-5H2,1-3H3,(H2,20,21)(H,22,26)(H,28,29)(H,30,31);2*1H/b23-10-;;. The van der Waals surface area contributed by atoms with Gasteiger partial charge in [-0.1, -0.05) is 5.16 Å². The molecule has 0 aliphatic carbocycles. The Kier molecular flexibility index (Phi) is 10.7. The van der Waals surface area contributed by atoms with Crippen LogP contribution in [0, 0.1) is 0 Å². The zero-order valence-electron chi connectivity index (χ0n) is 19.5. The van der Waals surface area contributed by atoms with Gasteiger partial charge in [0.05, 0.1) is 0 Å². The molecule has 204 valence electrons. The van der Waals surface area contributed by atoms with Gasteiger partial charge in [-0.2, -0.15) is 0 Å². The molecule has 3 rings (SSSR count). The van der Waals surface area contributed by atoms with E-state index >= 15 is 0 Å². The molecular weight excluding hydrogens is 577 g/mol. The number of oxime groups is 1. The van der Waals surface area contributed by atoms with E-state index in [1.54, 1.807) is 0 Å². The Bertz CT molecular complexity index is 1170. The largest absolute Gasteiger partial charge is 0.478 e. The minimum atomic E-state index is -1.77. The van der Waals surface area contributed by atoms with E-state index in [1.807, 2.05) is 0 Å². The van der Waals surface area contributed by atoms with E-state index in [0.717, 1.165) is 16.2 Å². The number of carbonyl (C=O) groups is 5. The zero-order valence-corrected chi connectivity index (χ0v) is 22.7. The average molecular weight is 600 g/mol. The molecule has 0 bridgehead atoms. The molecule has 2 amide bonds. The van der Waals surface area contributed by atoms with Crippen molar-refractivity contribution >= 4 is 88.5 Å². The SMILES string of the molecule is CC(=O)OCC1=C(C(=O)O)N2C(=O)C(NC(=O)/C(=N\OC(C)(C)C(=O)O)c3csc(N)n3)C2SC1.Cl.Cl. The molecule has 0 saturated carbocycles. The number of thiazole rings is 1. The van der Waals surface area contributed by atoms with E-state index in [4.69, 9.17) is 15.3 Å². The lowest BCUT2D eigenvalue weighted by Crippen LogP contribution is -2.71. The second-order valence-corrected chi connectivity index (χ2v) is 9.81. The summed E-state index contributed by atoms with van der Waals surface area (Å²) in [5, 5.41) is 25.8. The minimum absolute atomic E-state index is 0. The van der Waals surface area contributed by atoms with Gasteiger partial charge in [-0.15, -0.1) is 47.9 Å². The van der Waals surface area contributed by atoms with Crippen molar-refractivity contribution in [3.63, 3.8) is 0 Å². The number of carboxylic acid groups (broad SMARTS) is 2. The van der Waals surface area contributed by atoms with Crippen LogP contribution in [0.5, 0.6) is 0 Å². The molecule has 1 fully saturated rings. The molecule has 1 saturated heterocycles. The van der Waals surface area contributed by atoms with Gasteiger partial charge in [0, 0.05) is 23.6 Å². The molecule has 1 aromatic rings. The van der Waals surface area contributed by atoms with Gasteiger partial charge in [0.15, 0.2) is 10.8 Å². The molecule has 1 aromatic heterocycles. The number of halogens is 2. The number of carbonyl (C=O) groups excluding carboxylic acids is 3. The van der Waals surface area contributed by atoms with Crippen LogP contribution in [0.2, 0.25) is 0 Å². The molecule has 0 spiro atoms. The number of nitrogens with one attached hydrogen (secondary N) is 1. The molecule has 2 atom stereocenters. The summed E-state index contributed by atoms with van der Waals surface area (Å²) >= 11 is 2.18. The number of ether oxygens (including phenoxy) is 1. The lowest BCUT2D eigenvalue weighted by Gasteiger charge is -2.49. The van der Waals surface area contributed by atoms with Crippen molar-refractivity contribution in [2.24, 2.45) is 5.16 Å². The fraction of sp³-hybridized carbons (Fsp3) is 0.421. The number of amides is 2. The summed E-state index contributed by atoms with van der Waals surface area (Å²) in [6, 6.07) is -1.11. The number of carboxylic acids is 2. The first kappa shape index (κ1) is 31.9. The summed E-state index contributed by atoms with van der Waals surface area (Å²) < 4.78 is 4.88. The van der Waals surface area contributed by atoms with Crippen LogP contribution in [-0.2, 0) is 33.5 Å². The van der Waals surface area contributed by atoms with E-state index in [0.29, 0.717) is 0 Å². The van der Waals surface area contributed by atoms with Crippen molar-refractivity contribution < 1.29 is 43.8 Å². The maximum Gasteiger partial charge on any atom is 0.352 e. The van der Waals surface area contributed by atoms with Crippen LogP contribution < -0.4 is 11.1 Å². The molecular formula is C19H23Cl2N5O9S2. The minimum Gasteiger partial charge on any atom is -0.478 e. The Balaban J connectivity index is 0.00000342. The maximum atomic E-state index is 13.0. The first-order valence-electron chi connectivity index (χ1n) is 9.88. The summed E-state index contributed by atoms with van der Waals surface area (Å²) in [5.74, 6) is -4.76. The number of aliphatic carboxylic acids is 2. The fourth-order valence-electron chi connectivity index (χ4n) is 2.99. The first-order valence-corrected chi connectivity index (χ1v) is 11.8. The molecule has 3 heterocycles. The lowest BCUT2D eigenvalue weighted by molar-refractivity contribution is -0.161. The number of thioether (sulfide) groups is 1. The van der Waals surface area contributed by atoms with Crippen LogP contribution in [0.1, 0.15) is 26.5 Å². The summed E-state index contributed by atoms with van der Waals surface area (Å²) in [5.41, 5.74) is 3.38. The number of hydrogen-bond acceptors (Lipinski definition) is 12. The molecule has 14 nitrogen and oxygen atoms in total. The lowest BCUT2D eigenvalue weighted by atomic mass is 10.0.